The van der Waals surface area contributed by atoms with Crippen LogP contribution in [0.4, 0.5) is 0 Å². The fourth-order valence-electron chi connectivity index (χ4n) is 1.75. The van der Waals surface area contributed by atoms with E-state index in [1.807, 2.05) is 26.2 Å². The third-order valence-corrected chi connectivity index (χ3v) is 6.01. The van der Waals surface area contributed by atoms with Crippen LogP contribution in [0.15, 0.2) is 17.0 Å². The topological polar surface area (TPSA) is 37.4 Å². The Morgan fingerprint density at radius 3 is 2.47 bits per heavy atom. The predicted molar refractivity (Wildman–Crippen MR) is 83.7 cm³/mol. The van der Waals surface area contributed by atoms with Crippen LogP contribution in [0.3, 0.4) is 0 Å². The molecule has 0 amide bonds. The molecule has 0 aliphatic rings. The van der Waals surface area contributed by atoms with E-state index in [0.29, 0.717) is 17.3 Å². The second kappa shape index (κ2) is 6.97. The minimum Gasteiger partial charge on any atom is -0.207 e. The Labute approximate surface area is 125 Å². The molecular formula is C13H20ClNO2S2. The average Bonchev–Trinajstić information content (AvgIpc) is 2.38. The van der Waals surface area contributed by atoms with E-state index in [-0.39, 0.29) is 0 Å². The molecule has 0 saturated carbocycles. The maximum absolute atomic E-state index is 12.6. The van der Waals surface area contributed by atoms with Crippen LogP contribution >= 0.6 is 23.4 Å². The fraction of sp³-hybridized carbons (Fsp3) is 0.538. The second-order valence-corrected chi connectivity index (χ2v) is 7.76. The Balaban J connectivity index is 3.24. The monoisotopic (exact) mass is 321 g/mol. The first-order chi connectivity index (χ1) is 8.84. The molecule has 1 aromatic carbocycles. The van der Waals surface area contributed by atoms with Crippen molar-refractivity contribution in [2.24, 2.45) is 0 Å². The Hall–Kier alpha value is -0.230. The highest BCUT2D eigenvalue weighted by Gasteiger charge is 2.23. The van der Waals surface area contributed by atoms with Crippen LogP contribution in [0.25, 0.3) is 0 Å². The van der Waals surface area contributed by atoms with Gasteiger partial charge in [-0.25, -0.2) is 12.7 Å². The molecule has 0 fully saturated rings. The van der Waals surface area contributed by atoms with Crippen LogP contribution in [-0.4, -0.2) is 38.3 Å². The number of benzene rings is 1. The molecule has 1 aromatic rings. The van der Waals surface area contributed by atoms with E-state index in [9.17, 15) is 8.42 Å². The molecule has 3 nitrogen and oxygen atoms in total. The molecule has 0 spiro atoms. The van der Waals surface area contributed by atoms with E-state index in [2.05, 4.69) is 0 Å². The van der Waals surface area contributed by atoms with E-state index < -0.39 is 10.0 Å². The third-order valence-electron chi connectivity index (χ3n) is 3.13. The molecule has 0 N–H and O–H groups in total. The van der Waals surface area contributed by atoms with E-state index in [1.165, 1.54) is 4.31 Å². The lowest BCUT2D eigenvalue weighted by Gasteiger charge is -2.19. The molecule has 0 bridgehead atoms. The van der Waals surface area contributed by atoms with Gasteiger partial charge in [-0.3, -0.25) is 0 Å². The van der Waals surface area contributed by atoms with Crippen molar-refractivity contribution in [1.29, 1.82) is 0 Å². The molecule has 0 saturated heterocycles. The van der Waals surface area contributed by atoms with Crippen LogP contribution in [0, 0.1) is 13.8 Å². The Bertz CT molecular complexity index is 544. The van der Waals surface area contributed by atoms with Crippen molar-refractivity contribution < 1.29 is 8.42 Å². The highest BCUT2D eigenvalue weighted by Crippen LogP contribution is 2.24. The van der Waals surface area contributed by atoms with E-state index in [1.54, 1.807) is 24.9 Å². The van der Waals surface area contributed by atoms with Crippen LogP contribution in [0.5, 0.6) is 0 Å². The summed E-state index contributed by atoms with van der Waals surface area (Å²) in [5.41, 5.74) is 2.58. The Morgan fingerprint density at radius 1 is 1.32 bits per heavy atom. The molecule has 19 heavy (non-hydrogen) atoms. The molecule has 108 valence electrons. The summed E-state index contributed by atoms with van der Waals surface area (Å²) in [5.74, 6) is 1.10. The van der Waals surface area contributed by atoms with E-state index in [0.717, 1.165) is 22.4 Å². The van der Waals surface area contributed by atoms with Crippen LogP contribution in [-0.2, 0) is 15.9 Å². The normalized spacial score (nSPS) is 12.1. The summed E-state index contributed by atoms with van der Waals surface area (Å²) in [7, 11) is -1.82. The van der Waals surface area contributed by atoms with Crippen molar-refractivity contribution in [2.75, 3.05) is 25.6 Å². The maximum atomic E-state index is 12.6. The molecule has 0 radical (unpaired) electrons. The maximum Gasteiger partial charge on any atom is 0.243 e. The first kappa shape index (κ1) is 16.8. The average molecular weight is 322 g/mol. The van der Waals surface area contributed by atoms with Gasteiger partial charge in [0.05, 0.1) is 4.90 Å². The summed E-state index contributed by atoms with van der Waals surface area (Å²) in [6.45, 7) is 4.25. The van der Waals surface area contributed by atoms with Gasteiger partial charge in [-0.15, -0.1) is 11.6 Å². The number of rotatable bonds is 6. The minimum atomic E-state index is -3.44. The number of hydrogen-bond acceptors (Lipinski definition) is 3. The van der Waals surface area contributed by atoms with Crippen LogP contribution in [0.2, 0.25) is 0 Å². The van der Waals surface area contributed by atoms with Gasteiger partial charge < -0.3 is 0 Å². The van der Waals surface area contributed by atoms with Gasteiger partial charge in [-0.2, -0.15) is 11.8 Å². The summed E-state index contributed by atoms with van der Waals surface area (Å²) in [6, 6.07) is 3.61. The molecule has 0 atom stereocenters. The van der Waals surface area contributed by atoms with Gasteiger partial charge >= 0.3 is 0 Å². The first-order valence-corrected chi connectivity index (χ1v) is 9.32. The molecule has 0 aliphatic carbocycles. The molecule has 0 aromatic heterocycles. The van der Waals surface area contributed by atoms with E-state index >= 15 is 0 Å². The summed E-state index contributed by atoms with van der Waals surface area (Å²) in [6.07, 6.45) is 1.96. The lowest BCUT2D eigenvalue weighted by atomic mass is 10.1. The number of hydrogen-bond donors (Lipinski definition) is 0. The van der Waals surface area contributed by atoms with Crippen molar-refractivity contribution in [3.63, 3.8) is 0 Å². The van der Waals surface area contributed by atoms with Crippen molar-refractivity contribution >= 4 is 33.4 Å². The van der Waals surface area contributed by atoms with Crippen molar-refractivity contribution in [3.8, 4) is 0 Å². The zero-order chi connectivity index (χ0) is 14.6. The number of aryl methyl sites for hydroxylation is 1. The molecule has 0 aliphatic heterocycles. The highest BCUT2D eigenvalue weighted by atomic mass is 35.5. The minimum absolute atomic E-state index is 0.318. The molecule has 6 heteroatoms. The van der Waals surface area contributed by atoms with Gasteiger partial charge in [0.1, 0.15) is 0 Å². The highest BCUT2D eigenvalue weighted by molar-refractivity contribution is 7.98. The van der Waals surface area contributed by atoms with E-state index in [4.69, 9.17) is 11.6 Å². The van der Waals surface area contributed by atoms with Gasteiger partial charge in [-0.1, -0.05) is 6.07 Å². The van der Waals surface area contributed by atoms with Crippen LogP contribution < -0.4 is 0 Å². The summed E-state index contributed by atoms with van der Waals surface area (Å²) < 4.78 is 26.5. The predicted octanol–water partition coefficient (Wildman–Crippen LogP) is 3.03. The first-order valence-electron chi connectivity index (χ1n) is 5.96. The Kier molecular flexibility index (Phi) is 6.17. The van der Waals surface area contributed by atoms with Crippen molar-refractivity contribution in [1.82, 2.24) is 4.31 Å². The van der Waals surface area contributed by atoms with Crippen molar-refractivity contribution in [3.05, 3.63) is 28.8 Å². The number of nitrogens with zero attached hydrogens (tertiary/aromatic N) is 1. The van der Waals surface area contributed by atoms with Gasteiger partial charge in [-0.05, 0) is 42.9 Å². The SMILES string of the molecule is CSCCN(C)S(=O)(=O)c1cc(CCl)cc(C)c1C. The lowest BCUT2D eigenvalue weighted by Crippen LogP contribution is -2.29. The number of thioether (sulfide) groups is 1. The third kappa shape index (κ3) is 3.88. The Morgan fingerprint density at radius 2 is 1.95 bits per heavy atom. The zero-order valence-electron chi connectivity index (χ0n) is 11.7. The quantitative estimate of drug-likeness (QED) is 0.756. The van der Waals surface area contributed by atoms with Crippen LogP contribution in [0.1, 0.15) is 16.7 Å². The zero-order valence-corrected chi connectivity index (χ0v) is 14.1. The number of alkyl halides is 1. The van der Waals surface area contributed by atoms with Gasteiger partial charge in [0, 0.05) is 25.2 Å². The molecule has 1 rings (SSSR count). The van der Waals surface area contributed by atoms with Gasteiger partial charge in [0.25, 0.3) is 0 Å². The lowest BCUT2D eigenvalue weighted by molar-refractivity contribution is 0.488. The smallest absolute Gasteiger partial charge is 0.207 e. The standard InChI is InChI=1S/C13H20ClNO2S2/c1-10-7-12(9-14)8-13(11(10)2)19(16,17)15(3)5-6-18-4/h7-8H,5-6,9H2,1-4H3. The number of sulfonamides is 1. The van der Waals surface area contributed by atoms with Gasteiger partial charge in [0.15, 0.2) is 0 Å². The molecular weight excluding hydrogens is 302 g/mol. The van der Waals surface area contributed by atoms with Crippen molar-refractivity contribution in [2.45, 2.75) is 24.6 Å². The largest absolute Gasteiger partial charge is 0.243 e. The summed E-state index contributed by atoms with van der Waals surface area (Å²) >= 11 is 7.45. The second-order valence-electron chi connectivity index (χ2n) is 4.49. The summed E-state index contributed by atoms with van der Waals surface area (Å²) in [5, 5.41) is 0. The molecule has 0 unspecified atom stereocenters. The molecule has 0 heterocycles. The summed E-state index contributed by atoms with van der Waals surface area (Å²) in [4.78, 5) is 0.367. The fourth-order valence-corrected chi connectivity index (χ4v) is 3.99. The van der Waals surface area contributed by atoms with Gasteiger partial charge in [0.2, 0.25) is 10.0 Å². The number of halogens is 1.